The molecule has 1 aromatic carbocycles. The molecule has 0 aliphatic heterocycles. The van der Waals surface area contributed by atoms with Crippen molar-refractivity contribution in [2.24, 2.45) is 5.41 Å². The lowest BCUT2D eigenvalue weighted by Gasteiger charge is -2.51. The maximum Gasteiger partial charge on any atom is 0.323 e. The number of carboxylic acids is 1. The van der Waals surface area contributed by atoms with Gasteiger partial charge >= 0.3 is 5.97 Å². The molecule has 1 aromatic heterocycles. The Labute approximate surface area is 145 Å². The third kappa shape index (κ3) is 3.50. The van der Waals surface area contributed by atoms with Crippen LogP contribution in [-0.2, 0) is 11.3 Å². The van der Waals surface area contributed by atoms with Gasteiger partial charge in [0.05, 0.1) is 0 Å². The summed E-state index contributed by atoms with van der Waals surface area (Å²) in [7, 11) is 0. The number of aliphatic carboxylic acids is 1. The standard InChI is InChI=1S/C18H21N3O4/c1-18(2)13(10-14(18)25-12-6-4-3-5-7-12)20-16-17(24)21(9-8-19-16)11-15(22)23/h3-9,13-14H,10-11H2,1-2H3,(H,19,20)(H,22,23)/t13-,14+/m1/s1. The zero-order valence-electron chi connectivity index (χ0n) is 14.2. The van der Waals surface area contributed by atoms with Gasteiger partial charge in [-0.15, -0.1) is 0 Å². The highest BCUT2D eigenvalue weighted by atomic mass is 16.5. The van der Waals surface area contributed by atoms with Crippen LogP contribution >= 0.6 is 0 Å². The maximum atomic E-state index is 12.3. The summed E-state index contributed by atoms with van der Waals surface area (Å²) < 4.78 is 7.14. The van der Waals surface area contributed by atoms with Gasteiger partial charge in [-0.1, -0.05) is 32.0 Å². The first-order valence-electron chi connectivity index (χ1n) is 8.13. The number of benzene rings is 1. The monoisotopic (exact) mass is 343 g/mol. The number of hydrogen-bond acceptors (Lipinski definition) is 5. The Bertz CT molecular complexity index is 817. The van der Waals surface area contributed by atoms with Gasteiger partial charge in [-0.25, -0.2) is 4.98 Å². The van der Waals surface area contributed by atoms with Crippen LogP contribution in [0.2, 0.25) is 0 Å². The van der Waals surface area contributed by atoms with Gasteiger partial charge in [0, 0.05) is 30.3 Å². The molecule has 2 aromatic rings. The molecule has 0 radical (unpaired) electrons. The Hall–Kier alpha value is -2.83. The summed E-state index contributed by atoms with van der Waals surface area (Å²) in [5, 5.41) is 12.0. The molecule has 25 heavy (non-hydrogen) atoms. The fourth-order valence-corrected chi connectivity index (χ4v) is 2.98. The molecule has 0 unspecified atom stereocenters. The van der Waals surface area contributed by atoms with Crippen LogP contribution in [0.25, 0.3) is 0 Å². The molecule has 2 atom stereocenters. The Morgan fingerprint density at radius 1 is 1.40 bits per heavy atom. The second-order valence-corrected chi connectivity index (χ2v) is 6.78. The molecule has 0 spiro atoms. The Balaban J connectivity index is 1.69. The van der Waals surface area contributed by atoms with Gasteiger partial charge in [0.1, 0.15) is 18.4 Å². The maximum absolute atomic E-state index is 12.3. The quantitative estimate of drug-likeness (QED) is 0.833. The molecule has 0 amide bonds. The Kier molecular flexibility index (Phi) is 4.48. The largest absolute Gasteiger partial charge is 0.490 e. The van der Waals surface area contributed by atoms with E-state index in [0.717, 1.165) is 16.7 Å². The van der Waals surface area contributed by atoms with Gasteiger partial charge in [-0.2, -0.15) is 0 Å². The number of ether oxygens (including phenoxy) is 1. The molecule has 1 aliphatic rings. The minimum absolute atomic E-state index is 0.0158. The number of nitrogens with one attached hydrogen (secondary N) is 1. The van der Waals surface area contributed by atoms with E-state index in [1.807, 2.05) is 30.3 Å². The van der Waals surface area contributed by atoms with Gasteiger partial charge in [0.2, 0.25) is 0 Å². The number of carboxylic acid groups (broad SMARTS) is 1. The zero-order valence-corrected chi connectivity index (χ0v) is 14.2. The van der Waals surface area contributed by atoms with Crippen LogP contribution in [0.3, 0.4) is 0 Å². The van der Waals surface area contributed by atoms with E-state index in [-0.39, 0.29) is 29.9 Å². The summed E-state index contributed by atoms with van der Waals surface area (Å²) in [6.07, 6.45) is 3.56. The lowest BCUT2D eigenvalue weighted by molar-refractivity contribution is -0.137. The van der Waals surface area contributed by atoms with Crippen molar-refractivity contribution >= 4 is 11.8 Å². The van der Waals surface area contributed by atoms with Crippen molar-refractivity contribution in [2.75, 3.05) is 5.32 Å². The molecule has 0 bridgehead atoms. The van der Waals surface area contributed by atoms with E-state index in [1.54, 1.807) is 0 Å². The highest BCUT2D eigenvalue weighted by Crippen LogP contribution is 2.44. The van der Waals surface area contributed by atoms with Crippen molar-refractivity contribution in [2.45, 2.75) is 39.0 Å². The summed E-state index contributed by atoms with van der Waals surface area (Å²) in [5.74, 6) is -0.0831. The van der Waals surface area contributed by atoms with Crippen molar-refractivity contribution in [3.05, 3.63) is 53.1 Å². The molecular weight excluding hydrogens is 322 g/mol. The first kappa shape index (κ1) is 17.0. The van der Waals surface area contributed by atoms with Crippen molar-refractivity contribution in [3.63, 3.8) is 0 Å². The fraction of sp³-hybridized carbons (Fsp3) is 0.389. The van der Waals surface area contributed by atoms with E-state index in [4.69, 9.17) is 9.84 Å². The molecule has 132 valence electrons. The van der Waals surface area contributed by atoms with Crippen LogP contribution in [0.4, 0.5) is 5.82 Å². The predicted molar refractivity (Wildman–Crippen MR) is 92.8 cm³/mol. The summed E-state index contributed by atoms with van der Waals surface area (Å²) in [5.41, 5.74) is -0.634. The van der Waals surface area contributed by atoms with Crippen molar-refractivity contribution in [1.82, 2.24) is 9.55 Å². The number of rotatable bonds is 6. The van der Waals surface area contributed by atoms with Crippen molar-refractivity contribution in [3.8, 4) is 5.75 Å². The topological polar surface area (TPSA) is 93.4 Å². The Morgan fingerprint density at radius 3 is 2.76 bits per heavy atom. The number of para-hydroxylation sites is 1. The number of carbonyl (C=O) groups is 1. The van der Waals surface area contributed by atoms with E-state index in [9.17, 15) is 9.59 Å². The second-order valence-electron chi connectivity index (χ2n) is 6.78. The number of aromatic nitrogens is 2. The minimum Gasteiger partial charge on any atom is -0.490 e. The van der Waals surface area contributed by atoms with Crippen LogP contribution in [0.1, 0.15) is 20.3 Å². The van der Waals surface area contributed by atoms with Crippen molar-refractivity contribution < 1.29 is 14.6 Å². The SMILES string of the molecule is CC1(C)[C@@H](Oc2ccccc2)C[C@H]1Nc1nccn(CC(=O)O)c1=O. The highest BCUT2D eigenvalue weighted by molar-refractivity contribution is 5.66. The zero-order chi connectivity index (χ0) is 18.0. The summed E-state index contributed by atoms with van der Waals surface area (Å²) in [4.78, 5) is 27.2. The van der Waals surface area contributed by atoms with E-state index in [1.165, 1.54) is 12.4 Å². The summed E-state index contributed by atoms with van der Waals surface area (Å²) >= 11 is 0. The minimum atomic E-state index is -1.07. The van der Waals surface area contributed by atoms with E-state index in [0.29, 0.717) is 0 Å². The van der Waals surface area contributed by atoms with Crippen molar-refractivity contribution in [1.29, 1.82) is 0 Å². The third-order valence-corrected chi connectivity index (χ3v) is 4.73. The van der Waals surface area contributed by atoms with E-state index >= 15 is 0 Å². The van der Waals surface area contributed by atoms with Gasteiger partial charge in [0.25, 0.3) is 5.56 Å². The predicted octanol–water partition coefficient (Wildman–Crippen LogP) is 1.99. The molecule has 1 aliphatic carbocycles. The first-order valence-corrected chi connectivity index (χ1v) is 8.13. The number of nitrogens with zero attached hydrogens (tertiary/aromatic N) is 2. The normalized spacial score (nSPS) is 21.2. The molecule has 7 heteroatoms. The van der Waals surface area contributed by atoms with Crippen LogP contribution in [0.15, 0.2) is 47.5 Å². The molecule has 7 nitrogen and oxygen atoms in total. The van der Waals surface area contributed by atoms with Crippen LogP contribution in [-0.4, -0.2) is 32.8 Å². The second kappa shape index (κ2) is 6.58. The van der Waals surface area contributed by atoms with Gasteiger partial charge in [-0.05, 0) is 12.1 Å². The van der Waals surface area contributed by atoms with Gasteiger partial charge in [0.15, 0.2) is 5.82 Å². The lowest BCUT2D eigenvalue weighted by Crippen LogP contribution is -2.60. The molecule has 1 saturated carbocycles. The summed E-state index contributed by atoms with van der Waals surface area (Å²) in [6.45, 7) is 3.75. The fourth-order valence-electron chi connectivity index (χ4n) is 2.98. The smallest absolute Gasteiger partial charge is 0.323 e. The van der Waals surface area contributed by atoms with Gasteiger partial charge < -0.3 is 15.2 Å². The molecule has 0 saturated heterocycles. The number of hydrogen-bond donors (Lipinski definition) is 2. The Morgan fingerprint density at radius 2 is 2.12 bits per heavy atom. The van der Waals surface area contributed by atoms with Crippen LogP contribution in [0, 0.1) is 5.41 Å². The first-order chi connectivity index (χ1) is 11.9. The lowest BCUT2D eigenvalue weighted by atomic mass is 9.64. The van der Waals surface area contributed by atoms with Gasteiger partial charge in [-0.3, -0.25) is 14.2 Å². The van der Waals surface area contributed by atoms with E-state index in [2.05, 4.69) is 24.1 Å². The molecule has 2 N–H and O–H groups in total. The van der Waals surface area contributed by atoms with E-state index < -0.39 is 11.5 Å². The molecule has 1 fully saturated rings. The summed E-state index contributed by atoms with van der Waals surface area (Å²) in [6, 6.07) is 9.64. The molecule has 3 rings (SSSR count). The highest BCUT2D eigenvalue weighted by Gasteiger charge is 2.50. The average Bonchev–Trinajstić information content (AvgIpc) is 2.57. The average molecular weight is 343 g/mol. The third-order valence-electron chi connectivity index (χ3n) is 4.73. The van der Waals surface area contributed by atoms with Crippen LogP contribution in [0.5, 0.6) is 5.75 Å². The van der Waals surface area contributed by atoms with Crippen LogP contribution < -0.4 is 15.6 Å². The number of anilines is 1. The molecular formula is C18H21N3O4. The molecule has 1 heterocycles.